The SMILES string of the molecule is Cc1ccc2c(CC3CC3)c(C(=O)O)cn2c1. The Morgan fingerprint density at radius 3 is 2.82 bits per heavy atom. The normalized spacial score (nSPS) is 15.4. The highest BCUT2D eigenvalue weighted by Crippen LogP contribution is 2.35. The summed E-state index contributed by atoms with van der Waals surface area (Å²) in [6.07, 6.45) is 7.10. The average Bonchev–Trinajstić information content (AvgIpc) is 3.00. The number of aryl methyl sites for hydroxylation is 1. The van der Waals surface area contributed by atoms with E-state index in [0.717, 1.165) is 23.1 Å². The number of nitrogens with zero attached hydrogens (tertiary/aromatic N) is 1. The van der Waals surface area contributed by atoms with Gasteiger partial charge in [0.05, 0.1) is 5.56 Å². The number of aromatic carboxylic acids is 1. The maximum atomic E-state index is 11.3. The topological polar surface area (TPSA) is 41.7 Å². The minimum Gasteiger partial charge on any atom is -0.478 e. The Kier molecular flexibility index (Phi) is 2.21. The molecular weight excluding hydrogens is 214 g/mol. The summed E-state index contributed by atoms with van der Waals surface area (Å²) in [5.41, 5.74) is 3.64. The van der Waals surface area contributed by atoms with Gasteiger partial charge >= 0.3 is 5.97 Å². The van der Waals surface area contributed by atoms with Crippen molar-refractivity contribution >= 4 is 11.5 Å². The van der Waals surface area contributed by atoms with Crippen molar-refractivity contribution in [1.82, 2.24) is 4.40 Å². The van der Waals surface area contributed by atoms with Crippen LogP contribution in [0.4, 0.5) is 0 Å². The maximum Gasteiger partial charge on any atom is 0.337 e. The predicted octanol–water partition coefficient (Wildman–Crippen LogP) is 2.90. The second-order valence-electron chi connectivity index (χ2n) is 4.97. The molecule has 2 aromatic heterocycles. The van der Waals surface area contributed by atoms with Gasteiger partial charge in [-0.2, -0.15) is 0 Å². The van der Waals surface area contributed by atoms with Crippen LogP contribution in [-0.2, 0) is 6.42 Å². The number of aromatic nitrogens is 1. The molecule has 1 fully saturated rings. The van der Waals surface area contributed by atoms with Crippen LogP contribution in [0, 0.1) is 12.8 Å². The lowest BCUT2D eigenvalue weighted by Crippen LogP contribution is -1.99. The van der Waals surface area contributed by atoms with Crippen LogP contribution in [0.15, 0.2) is 24.5 Å². The molecule has 0 spiro atoms. The van der Waals surface area contributed by atoms with Gasteiger partial charge in [-0.25, -0.2) is 4.79 Å². The Labute approximate surface area is 99.7 Å². The van der Waals surface area contributed by atoms with E-state index in [4.69, 9.17) is 0 Å². The molecular formula is C14H15NO2. The fourth-order valence-corrected chi connectivity index (χ4v) is 2.36. The number of fused-ring (bicyclic) bond motifs is 1. The number of rotatable bonds is 3. The second-order valence-corrected chi connectivity index (χ2v) is 4.97. The van der Waals surface area contributed by atoms with Crippen molar-refractivity contribution in [2.75, 3.05) is 0 Å². The molecule has 0 aromatic carbocycles. The maximum absolute atomic E-state index is 11.3. The van der Waals surface area contributed by atoms with E-state index in [-0.39, 0.29) is 0 Å². The van der Waals surface area contributed by atoms with Crippen LogP contribution in [-0.4, -0.2) is 15.5 Å². The zero-order valence-corrected chi connectivity index (χ0v) is 9.81. The zero-order valence-electron chi connectivity index (χ0n) is 9.81. The van der Waals surface area contributed by atoms with Crippen LogP contribution in [0.3, 0.4) is 0 Å². The van der Waals surface area contributed by atoms with Crippen LogP contribution in [0.2, 0.25) is 0 Å². The summed E-state index contributed by atoms with van der Waals surface area (Å²) in [6.45, 7) is 2.01. The molecule has 0 unspecified atom stereocenters. The summed E-state index contributed by atoms with van der Waals surface area (Å²) in [5.74, 6) is -0.123. The van der Waals surface area contributed by atoms with Crippen molar-refractivity contribution in [3.05, 3.63) is 41.2 Å². The largest absolute Gasteiger partial charge is 0.478 e. The Morgan fingerprint density at radius 2 is 2.18 bits per heavy atom. The first-order valence-electron chi connectivity index (χ1n) is 5.98. The summed E-state index contributed by atoms with van der Waals surface area (Å²) in [6, 6.07) is 4.07. The second kappa shape index (κ2) is 3.62. The molecule has 1 aliphatic carbocycles. The van der Waals surface area contributed by atoms with Gasteiger partial charge in [-0.3, -0.25) is 0 Å². The lowest BCUT2D eigenvalue weighted by atomic mass is 10.1. The Morgan fingerprint density at radius 1 is 1.41 bits per heavy atom. The van der Waals surface area contributed by atoms with Crippen LogP contribution in [0.25, 0.3) is 5.52 Å². The van der Waals surface area contributed by atoms with Crippen LogP contribution in [0.5, 0.6) is 0 Å². The molecule has 3 heteroatoms. The van der Waals surface area contributed by atoms with E-state index in [1.54, 1.807) is 6.20 Å². The molecule has 2 heterocycles. The molecule has 1 aliphatic rings. The molecule has 0 radical (unpaired) electrons. The van der Waals surface area contributed by atoms with E-state index in [0.29, 0.717) is 11.5 Å². The van der Waals surface area contributed by atoms with Gasteiger partial charge in [-0.1, -0.05) is 6.07 Å². The molecule has 88 valence electrons. The number of pyridine rings is 1. The lowest BCUT2D eigenvalue weighted by molar-refractivity contribution is 0.0696. The van der Waals surface area contributed by atoms with E-state index in [1.807, 2.05) is 29.7 Å². The number of hydrogen-bond donors (Lipinski definition) is 1. The molecule has 0 saturated heterocycles. The molecule has 3 rings (SSSR count). The predicted molar refractivity (Wildman–Crippen MR) is 65.5 cm³/mol. The minimum atomic E-state index is -0.818. The standard InChI is InChI=1S/C14H15NO2/c1-9-2-5-13-11(6-10-3-4-10)12(14(16)17)8-15(13)7-9/h2,5,7-8,10H,3-4,6H2,1H3,(H,16,17). The summed E-state index contributed by atoms with van der Waals surface area (Å²) in [5, 5.41) is 9.26. The number of carboxylic acids is 1. The third-order valence-corrected chi connectivity index (χ3v) is 3.45. The molecule has 0 amide bonds. The molecule has 0 atom stereocenters. The highest BCUT2D eigenvalue weighted by atomic mass is 16.4. The van der Waals surface area contributed by atoms with Crippen molar-refractivity contribution in [1.29, 1.82) is 0 Å². The fraction of sp³-hybridized carbons (Fsp3) is 0.357. The lowest BCUT2D eigenvalue weighted by Gasteiger charge is -2.01. The molecule has 0 aliphatic heterocycles. The van der Waals surface area contributed by atoms with E-state index in [2.05, 4.69) is 0 Å². The van der Waals surface area contributed by atoms with Crippen LogP contribution < -0.4 is 0 Å². The highest BCUT2D eigenvalue weighted by Gasteiger charge is 2.26. The Bertz CT molecular complexity index is 594. The number of carboxylic acid groups (broad SMARTS) is 1. The molecule has 3 nitrogen and oxygen atoms in total. The van der Waals surface area contributed by atoms with Gasteiger partial charge in [-0.05, 0) is 49.3 Å². The Hall–Kier alpha value is -1.77. The smallest absolute Gasteiger partial charge is 0.337 e. The first kappa shape index (κ1) is 10.4. The summed E-state index contributed by atoms with van der Waals surface area (Å²) < 4.78 is 1.94. The van der Waals surface area contributed by atoms with Crippen LogP contribution in [0.1, 0.15) is 34.3 Å². The van der Waals surface area contributed by atoms with Gasteiger partial charge < -0.3 is 9.51 Å². The van der Waals surface area contributed by atoms with Crippen molar-refractivity contribution in [2.45, 2.75) is 26.2 Å². The van der Waals surface area contributed by atoms with Gasteiger partial charge in [-0.15, -0.1) is 0 Å². The minimum absolute atomic E-state index is 0.461. The van der Waals surface area contributed by atoms with Crippen molar-refractivity contribution < 1.29 is 9.90 Å². The summed E-state index contributed by atoms with van der Waals surface area (Å²) in [7, 11) is 0. The quantitative estimate of drug-likeness (QED) is 0.879. The molecule has 1 N–H and O–H groups in total. The van der Waals surface area contributed by atoms with E-state index < -0.39 is 5.97 Å². The molecule has 2 aromatic rings. The van der Waals surface area contributed by atoms with Crippen molar-refractivity contribution in [3.63, 3.8) is 0 Å². The third kappa shape index (κ3) is 1.82. The van der Waals surface area contributed by atoms with Crippen molar-refractivity contribution in [3.8, 4) is 0 Å². The summed E-state index contributed by atoms with van der Waals surface area (Å²) in [4.78, 5) is 11.3. The van der Waals surface area contributed by atoms with Crippen LogP contribution >= 0.6 is 0 Å². The first-order valence-corrected chi connectivity index (χ1v) is 5.98. The van der Waals surface area contributed by atoms with Gasteiger partial charge in [0.2, 0.25) is 0 Å². The number of hydrogen-bond acceptors (Lipinski definition) is 1. The molecule has 0 bridgehead atoms. The van der Waals surface area contributed by atoms with E-state index >= 15 is 0 Å². The molecule has 1 saturated carbocycles. The summed E-state index contributed by atoms with van der Waals surface area (Å²) >= 11 is 0. The third-order valence-electron chi connectivity index (χ3n) is 3.45. The highest BCUT2D eigenvalue weighted by molar-refractivity contribution is 5.92. The monoisotopic (exact) mass is 229 g/mol. The zero-order chi connectivity index (χ0) is 12.0. The first-order chi connectivity index (χ1) is 8.15. The fourth-order valence-electron chi connectivity index (χ4n) is 2.36. The number of carbonyl (C=O) groups is 1. The van der Waals surface area contributed by atoms with E-state index in [1.165, 1.54) is 12.8 Å². The van der Waals surface area contributed by atoms with Crippen molar-refractivity contribution in [2.24, 2.45) is 5.92 Å². The molecule has 17 heavy (non-hydrogen) atoms. The van der Waals surface area contributed by atoms with Gasteiger partial charge in [0.15, 0.2) is 0 Å². The van der Waals surface area contributed by atoms with Gasteiger partial charge in [0.1, 0.15) is 0 Å². The van der Waals surface area contributed by atoms with Gasteiger partial charge in [0.25, 0.3) is 0 Å². The van der Waals surface area contributed by atoms with Gasteiger partial charge in [0, 0.05) is 17.9 Å². The average molecular weight is 229 g/mol. The van der Waals surface area contributed by atoms with E-state index in [9.17, 15) is 9.90 Å². The Balaban J connectivity index is 2.18.